The standard InChI is InChI=1S/C9H18O/c1-3-4-5-6-7-9(2)8-10/h4-5,9-10H,3,6-8H2,1-2H3/b5-4+/t9-/m1/s1. The van der Waals surface area contributed by atoms with Crippen molar-refractivity contribution in [1.29, 1.82) is 0 Å². The second-order valence-electron chi connectivity index (χ2n) is 2.74. The maximum Gasteiger partial charge on any atom is 0.0456 e. The molecule has 0 aromatic rings. The van der Waals surface area contributed by atoms with Crippen molar-refractivity contribution in [2.45, 2.75) is 33.1 Å². The molecular formula is C9H18O. The summed E-state index contributed by atoms with van der Waals surface area (Å²) >= 11 is 0. The molecule has 0 aliphatic carbocycles. The van der Waals surface area contributed by atoms with Crippen molar-refractivity contribution in [3.05, 3.63) is 12.2 Å². The van der Waals surface area contributed by atoms with E-state index in [0.29, 0.717) is 12.5 Å². The van der Waals surface area contributed by atoms with E-state index in [1.807, 2.05) is 0 Å². The molecule has 10 heavy (non-hydrogen) atoms. The highest BCUT2D eigenvalue weighted by molar-refractivity contribution is 4.80. The first-order valence-electron chi connectivity index (χ1n) is 4.07. The molecule has 1 N–H and O–H groups in total. The maximum absolute atomic E-state index is 8.67. The van der Waals surface area contributed by atoms with Crippen LogP contribution in [-0.4, -0.2) is 11.7 Å². The van der Waals surface area contributed by atoms with Gasteiger partial charge in [0.15, 0.2) is 0 Å². The van der Waals surface area contributed by atoms with Crippen LogP contribution < -0.4 is 0 Å². The summed E-state index contributed by atoms with van der Waals surface area (Å²) in [6.45, 7) is 4.52. The summed E-state index contributed by atoms with van der Waals surface area (Å²) in [5.74, 6) is 0.460. The van der Waals surface area contributed by atoms with Gasteiger partial charge in [0.1, 0.15) is 0 Å². The molecule has 0 saturated carbocycles. The molecule has 0 saturated heterocycles. The smallest absolute Gasteiger partial charge is 0.0456 e. The molecule has 0 unspecified atom stereocenters. The van der Waals surface area contributed by atoms with Gasteiger partial charge in [-0.25, -0.2) is 0 Å². The average Bonchev–Trinajstić information content (AvgIpc) is 1.98. The Balaban J connectivity index is 3.10. The Morgan fingerprint density at radius 3 is 2.60 bits per heavy atom. The average molecular weight is 142 g/mol. The Hall–Kier alpha value is -0.300. The highest BCUT2D eigenvalue weighted by atomic mass is 16.3. The normalized spacial score (nSPS) is 14.3. The quantitative estimate of drug-likeness (QED) is 0.584. The summed E-state index contributed by atoms with van der Waals surface area (Å²) in [6, 6.07) is 0. The fourth-order valence-corrected chi connectivity index (χ4v) is 0.757. The van der Waals surface area contributed by atoms with E-state index in [2.05, 4.69) is 26.0 Å². The van der Waals surface area contributed by atoms with Crippen LogP contribution in [0.3, 0.4) is 0 Å². The first-order valence-corrected chi connectivity index (χ1v) is 4.07. The Labute approximate surface area is 63.8 Å². The molecule has 0 aliphatic heterocycles. The third kappa shape index (κ3) is 5.83. The van der Waals surface area contributed by atoms with Gasteiger partial charge in [0, 0.05) is 6.61 Å². The van der Waals surface area contributed by atoms with Crippen LogP contribution in [0.4, 0.5) is 0 Å². The minimum absolute atomic E-state index is 0.319. The van der Waals surface area contributed by atoms with E-state index < -0.39 is 0 Å². The Kier molecular flexibility index (Phi) is 6.61. The SMILES string of the molecule is CC/C=C/CC[C@@H](C)CO. The lowest BCUT2D eigenvalue weighted by atomic mass is 10.1. The zero-order valence-corrected chi connectivity index (χ0v) is 7.01. The van der Waals surface area contributed by atoms with Crippen LogP contribution in [0.5, 0.6) is 0 Å². The largest absolute Gasteiger partial charge is 0.396 e. The Morgan fingerprint density at radius 1 is 1.40 bits per heavy atom. The molecule has 0 fully saturated rings. The monoisotopic (exact) mass is 142 g/mol. The molecule has 0 aliphatic rings. The van der Waals surface area contributed by atoms with Gasteiger partial charge in [0.05, 0.1) is 0 Å². The summed E-state index contributed by atoms with van der Waals surface area (Å²) in [5, 5.41) is 8.67. The van der Waals surface area contributed by atoms with Gasteiger partial charge in [0.25, 0.3) is 0 Å². The molecular weight excluding hydrogens is 124 g/mol. The molecule has 0 amide bonds. The molecule has 60 valence electrons. The molecule has 0 bridgehead atoms. The molecule has 0 heterocycles. The first kappa shape index (κ1) is 9.70. The summed E-state index contributed by atoms with van der Waals surface area (Å²) in [7, 11) is 0. The van der Waals surface area contributed by atoms with Gasteiger partial charge in [-0.3, -0.25) is 0 Å². The van der Waals surface area contributed by atoms with Crippen molar-refractivity contribution in [3.8, 4) is 0 Å². The fraction of sp³-hybridized carbons (Fsp3) is 0.778. The minimum Gasteiger partial charge on any atom is -0.396 e. The third-order valence-electron chi connectivity index (χ3n) is 1.54. The van der Waals surface area contributed by atoms with Crippen LogP contribution in [0, 0.1) is 5.92 Å². The number of allylic oxidation sites excluding steroid dienone is 2. The molecule has 1 atom stereocenters. The van der Waals surface area contributed by atoms with E-state index in [1.54, 1.807) is 0 Å². The van der Waals surface area contributed by atoms with E-state index in [1.165, 1.54) is 0 Å². The number of aliphatic hydroxyl groups excluding tert-OH is 1. The van der Waals surface area contributed by atoms with Crippen LogP contribution >= 0.6 is 0 Å². The molecule has 0 radical (unpaired) electrons. The lowest BCUT2D eigenvalue weighted by Gasteiger charge is -2.02. The maximum atomic E-state index is 8.67. The summed E-state index contributed by atoms with van der Waals surface area (Å²) < 4.78 is 0. The van der Waals surface area contributed by atoms with Crippen molar-refractivity contribution in [3.63, 3.8) is 0 Å². The number of rotatable bonds is 5. The van der Waals surface area contributed by atoms with Crippen molar-refractivity contribution >= 4 is 0 Å². The zero-order chi connectivity index (χ0) is 7.82. The fourth-order valence-electron chi connectivity index (χ4n) is 0.757. The summed E-state index contributed by atoms with van der Waals surface area (Å²) in [6.07, 6.45) is 7.69. The van der Waals surface area contributed by atoms with Crippen molar-refractivity contribution in [2.24, 2.45) is 5.92 Å². The molecule has 0 aromatic heterocycles. The van der Waals surface area contributed by atoms with Gasteiger partial charge in [-0.15, -0.1) is 0 Å². The van der Waals surface area contributed by atoms with E-state index in [4.69, 9.17) is 5.11 Å². The zero-order valence-electron chi connectivity index (χ0n) is 7.01. The second-order valence-corrected chi connectivity index (χ2v) is 2.74. The number of hydrogen-bond acceptors (Lipinski definition) is 1. The highest BCUT2D eigenvalue weighted by Gasteiger charge is 1.95. The van der Waals surface area contributed by atoms with Crippen molar-refractivity contribution in [1.82, 2.24) is 0 Å². The molecule has 1 nitrogen and oxygen atoms in total. The van der Waals surface area contributed by atoms with Gasteiger partial charge in [-0.1, -0.05) is 26.0 Å². The van der Waals surface area contributed by atoms with Gasteiger partial charge < -0.3 is 5.11 Å². The molecule has 1 heteroatoms. The summed E-state index contributed by atoms with van der Waals surface area (Å²) in [4.78, 5) is 0. The third-order valence-corrected chi connectivity index (χ3v) is 1.54. The second kappa shape index (κ2) is 6.81. The highest BCUT2D eigenvalue weighted by Crippen LogP contribution is 2.04. The predicted octanol–water partition coefficient (Wildman–Crippen LogP) is 2.36. The van der Waals surface area contributed by atoms with Gasteiger partial charge in [-0.2, -0.15) is 0 Å². The van der Waals surface area contributed by atoms with Gasteiger partial charge in [-0.05, 0) is 25.2 Å². The van der Waals surface area contributed by atoms with E-state index in [-0.39, 0.29) is 0 Å². The summed E-state index contributed by atoms with van der Waals surface area (Å²) in [5.41, 5.74) is 0. The predicted molar refractivity (Wildman–Crippen MR) is 44.9 cm³/mol. The van der Waals surface area contributed by atoms with E-state index >= 15 is 0 Å². The number of hydrogen-bond donors (Lipinski definition) is 1. The van der Waals surface area contributed by atoms with Crippen LogP contribution in [0.15, 0.2) is 12.2 Å². The van der Waals surface area contributed by atoms with Crippen molar-refractivity contribution < 1.29 is 5.11 Å². The van der Waals surface area contributed by atoms with Crippen LogP contribution in [-0.2, 0) is 0 Å². The molecule has 0 spiro atoms. The Morgan fingerprint density at radius 2 is 2.10 bits per heavy atom. The molecule has 0 aromatic carbocycles. The lowest BCUT2D eigenvalue weighted by Crippen LogP contribution is -1.98. The van der Waals surface area contributed by atoms with Crippen LogP contribution in [0.1, 0.15) is 33.1 Å². The van der Waals surface area contributed by atoms with Crippen LogP contribution in [0.2, 0.25) is 0 Å². The minimum atomic E-state index is 0.319. The van der Waals surface area contributed by atoms with Crippen LogP contribution in [0.25, 0.3) is 0 Å². The molecule has 0 rings (SSSR count). The first-order chi connectivity index (χ1) is 4.81. The number of aliphatic hydroxyl groups is 1. The van der Waals surface area contributed by atoms with E-state index in [9.17, 15) is 0 Å². The van der Waals surface area contributed by atoms with E-state index in [0.717, 1.165) is 19.3 Å². The Bertz CT molecular complexity index is 86.7. The van der Waals surface area contributed by atoms with Gasteiger partial charge in [0.2, 0.25) is 0 Å². The topological polar surface area (TPSA) is 20.2 Å². The lowest BCUT2D eigenvalue weighted by molar-refractivity contribution is 0.231. The van der Waals surface area contributed by atoms with Crippen molar-refractivity contribution in [2.75, 3.05) is 6.61 Å². The van der Waals surface area contributed by atoms with Gasteiger partial charge >= 0.3 is 0 Å².